The molecule has 3 heterocycles. The Morgan fingerprint density at radius 1 is 1.30 bits per heavy atom. The molecule has 1 aromatic carbocycles. The Balaban J connectivity index is 1.57. The highest BCUT2D eigenvalue weighted by Gasteiger charge is 2.28. The van der Waals surface area contributed by atoms with Crippen molar-refractivity contribution in [3.8, 4) is 0 Å². The number of thiophene rings is 1. The molecule has 1 N–H and O–H groups in total. The van der Waals surface area contributed by atoms with Gasteiger partial charge in [0, 0.05) is 19.6 Å². The molecule has 2 aromatic heterocycles. The minimum atomic E-state index is -0.159. The standard InChI is InChI=1S/C20H22N4O2S/c1-2-14-3-5-15(6-4-14)17-11-21-8-9-24(17)18(25)12-23-13-22-19-16(20(23)26)7-10-27-19/h3-7,10,13,17,21H,2,8-9,11-12H2,1H3. The number of nitrogens with one attached hydrogen (secondary N) is 1. The molecular weight excluding hydrogens is 360 g/mol. The first-order chi connectivity index (χ1) is 13.2. The van der Waals surface area contributed by atoms with Crippen molar-refractivity contribution in [1.29, 1.82) is 0 Å². The molecule has 6 nitrogen and oxygen atoms in total. The largest absolute Gasteiger partial charge is 0.332 e. The van der Waals surface area contributed by atoms with Gasteiger partial charge in [0.15, 0.2) is 0 Å². The highest BCUT2D eigenvalue weighted by molar-refractivity contribution is 7.16. The zero-order valence-electron chi connectivity index (χ0n) is 15.2. The molecule has 0 aliphatic carbocycles. The summed E-state index contributed by atoms with van der Waals surface area (Å²) in [6.07, 6.45) is 2.47. The molecule has 7 heteroatoms. The Hall–Kier alpha value is -2.51. The number of piperazine rings is 1. The number of aromatic nitrogens is 2. The molecular formula is C20H22N4O2S. The van der Waals surface area contributed by atoms with E-state index in [0.29, 0.717) is 23.3 Å². The minimum absolute atomic E-state index is 0.0150. The van der Waals surface area contributed by atoms with Crippen molar-refractivity contribution in [3.05, 3.63) is 63.5 Å². The number of nitrogens with zero attached hydrogens (tertiary/aromatic N) is 3. The summed E-state index contributed by atoms with van der Waals surface area (Å²) in [6.45, 7) is 4.24. The van der Waals surface area contributed by atoms with Crippen molar-refractivity contribution in [2.45, 2.75) is 25.9 Å². The molecule has 27 heavy (non-hydrogen) atoms. The van der Waals surface area contributed by atoms with Crippen LogP contribution >= 0.6 is 11.3 Å². The number of benzene rings is 1. The van der Waals surface area contributed by atoms with E-state index in [-0.39, 0.29) is 24.1 Å². The van der Waals surface area contributed by atoms with Crippen molar-refractivity contribution in [3.63, 3.8) is 0 Å². The second kappa shape index (κ2) is 7.62. The van der Waals surface area contributed by atoms with Crippen molar-refractivity contribution < 1.29 is 4.79 Å². The number of hydrogen-bond acceptors (Lipinski definition) is 5. The van der Waals surface area contributed by atoms with Gasteiger partial charge in [0.2, 0.25) is 5.91 Å². The van der Waals surface area contributed by atoms with Crippen molar-refractivity contribution in [2.75, 3.05) is 19.6 Å². The normalized spacial score (nSPS) is 17.4. The van der Waals surface area contributed by atoms with Crippen LogP contribution in [0.1, 0.15) is 24.1 Å². The number of amides is 1. The third kappa shape index (κ3) is 3.52. The van der Waals surface area contributed by atoms with E-state index in [1.165, 1.54) is 27.8 Å². The van der Waals surface area contributed by atoms with E-state index in [9.17, 15) is 9.59 Å². The van der Waals surface area contributed by atoms with Crippen LogP contribution in [-0.4, -0.2) is 40.0 Å². The van der Waals surface area contributed by atoms with Gasteiger partial charge in [-0.3, -0.25) is 14.2 Å². The molecule has 1 saturated heterocycles. The summed E-state index contributed by atoms with van der Waals surface area (Å²) < 4.78 is 1.41. The van der Waals surface area contributed by atoms with Crippen LogP contribution in [0.4, 0.5) is 0 Å². The molecule has 140 valence electrons. The lowest BCUT2D eigenvalue weighted by Gasteiger charge is -2.36. The van der Waals surface area contributed by atoms with Crippen molar-refractivity contribution in [2.24, 2.45) is 0 Å². The average molecular weight is 382 g/mol. The van der Waals surface area contributed by atoms with Crippen molar-refractivity contribution in [1.82, 2.24) is 19.8 Å². The molecule has 0 saturated carbocycles. The second-order valence-electron chi connectivity index (χ2n) is 6.72. The van der Waals surface area contributed by atoms with E-state index in [1.54, 1.807) is 6.07 Å². The number of aryl methyl sites for hydroxylation is 1. The number of carbonyl (C=O) groups is 1. The van der Waals surface area contributed by atoms with Crippen LogP contribution in [0.25, 0.3) is 10.2 Å². The van der Waals surface area contributed by atoms with Gasteiger partial charge >= 0.3 is 0 Å². The van der Waals surface area contributed by atoms with E-state index in [1.807, 2.05) is 10.3 Å². The number of hydrogen-bond donors (Lipinski definition) is 1. The maximum absolute atomic E-state index is 13.0. The van der Waals surface area contributed by atoms with E-state index in [4.69, 9.17) is 0 Å². The van der Waals surface area contributed by atoms with Crippen LogP contribution in [0.15, 0.2) is 46.8 Å². The molecule has 1 aliphatic rings. The van der Waals surface area contributed by atoms with Gasteiger partial charge in [0.05, 0.1) is 17.8 Å². The molecule has 1 amide bonds. The third-order valence-electron chi connectivity index (χ3n) is 5.09. The Kier molecular flexibility index (Phi) is 5.05. The van der Waals surface area contributed by atoms with Gasteiger partial charge in [0.1, 0.15) is 11.4 Å². The molecule has 3 aromatic rings. The molecule has 4 rings (SSSR count). The lowest BCUT2D eigenvalue weighted by atomic mass is 10.0. The van der Waals surface area contributed by atoms with Crippen molar-refractivity contribution >= 4 is 27.5 Å². The van der Waals surface area contributed by atoms with E-state index < -0.39 is 0 Å². The lowest BCUT2D eigenvalue weighted by Crippen LogP contribution is -2.50. The van der Waals surface area contributed by atoms with Gasteiger partial charge in [0.25, 0.3) is 5.56 Å². The Morgan fingerprint density at radius 2 is 2.11 bits per heavy atom. The zero-order valence-corrected chi connectivity index (χ0v) is 16.0. The Labute approximate surface area is 161 Å². The summed E-state index contributed by atoms with van der Waals surface area (Å²) in [4.78, 5) is 32.5. The minimum Gasteiger partial charge on any atom is -0.332 e. The lowest BCUT2D eigenvalue weighted by molar-refractivity contribution is -0.135. The van der Waals surface area contributed by atoms with Gasteiger partial charge in [-0.1, -0.05) is 31.2 Å². The van der Waals surface area contributed by atoms with Crippen LogP contribution in [0, 0.1) is 0 Å². The summed E-state index contributed by atoms with van der Waals surface area (Å²) in [5, 5.41) is 5.79. The molecule has 1 atom stereocenters. The summed E-state index contributed by atoms with van der Waals surface area (Å²) >= 11 is 1.43. The van der Waals surface area contributed by atoms with Gasteiger partial charge in [-0.25, -0.2) is 4.98 Å². The highest BCUT2D eigenvalue weighted by atomic mass is 32.1. The first kappa shape index (κ1) is 17.9. The van der Waals surface area contributed by atoms with E-state index >= 15 is 0 Å². The predicted octanol–water partition coefficient (Wildman–Crippen LogP) is 2.19. The molecule has 1 fully saturated rings. The smallest absolute Gasteiger partial charge is 0.262 e. The maximum Gasteiger partial charge on any atom is 0.262 e. The predicted molar refractivity (Wildman–Crippen MR) is 107 cm³/mol. The van der Waals surface area contributed by atoms with Crippen LogP contribution in [0.3, 0.4) is 0 Å². The van der Waals surface area contributed by atoms with Crippen LogP contribution in [0.2, 0.25) is 0 Å². The topological polar surface area (TPSA) is 67.2 Å². The maximum atomic E-state index is 13.0. The van der Waals surface area contributed by atoms with E-state index in [0.717, 1.165) is 18.5 Å². The SMILES string of the molecule is CCc1ccc(C2CNCCN2C(=O)Cn2cnc3sccc3c2=O)cc1. The molecule has 1 unspecified atom stereocenters. The summed E-state index contributed by atoms with van der Waals surface area (Å²) in [5.74, 6) is -0.0560. The summed E-state index contributed by atoms with van der Waals surface area (Å²) in [7, 11) is 0. The molecule has 0 radical (unpaired) electrons. The highest BCUT2D eigenvalue weighted by Crippen LogP contribution is 2.23. The monoisotopic (exact) mass is 382 g/mol. The Morgan fingerprint density at radius 3 is 2.89 bits per heavy atom. The third-order valence-corrected chi connectivity index (χ3v) is 5.91. The van der Waals surface area contributed by atoms with Crippen LogP contribution in [0.5, 0.6) is 0 Å². The van der Waals surface area contributed by atoms with Crippen LogP contribution < -0.4 is 10.9 Å². The first-order valence-electron chi connectivity index (χ1n) is 9.19. The van der Waals surface area contributed by atoms with E-state index in [2.05, 4.69) is 41.5 Å². The van der Waals surface area contributed by atoms with Crippen LogP contribution in [-0.2, 0) is 17.8 Å². The van der Waals surface area contributed by atoms with Gasteiger partial charge < -0.3 is 10.2 Å². The molecule has 1 aliphatic heterocycles. The number of rotatable bonds is 4. The fourth-order valence-electron chi connectivity index (χ4n) is 3.52. The average Bonchev–Trinajstić information content (AvgIpc) is 3.20. The fourth-order valence-corrected chi connectivity index (χ4v) is 4.24. The number of fused-ring (bicyclic) bond motifs is 1. The Bertz CT molecular complexity index is 1010. The van der Waals surface area contributed by atoms with Gasteiger partial charge in [-0.15, -0.1) is 11.3 Å². The second-order valence-corrected chi connectivity index (χ2v) is 7.61. The summed E-state index contributed by atoms with van der Waals surface area (Å²) in [5.41, 5.74) is 2.24. The molecule has 0 bridgehead atoms. The summed E-state index contributed by atoms with van der Waals surface area (Å²) in [6, 6.07) is 10.2. The fraction of sp³-hybridized carbons (Fsp3) is 0.350. The quantitative estimate of drug-likeness (QED) is 0.751. The van der Waals surface area contributed by atoms with Gasteiger partial charge in [-0.05, 0) is 29.0 Å². The van der Waals surface area contributed by atoms with Gasteiger partial charge in [-0.2, -0.15) is 0 Å². The zero-order chi connectivity index (χ0) is 18.8. The first-order valence-corrected chi connectivity index (χ1v) is 10.1. The molecule has 0 spiro atoms. The number of carbonyl (C=O) groups excluding carboxylic acids is 1.